The van der Waals surface area contributed by atoms with Gasteiger partial charge >= 0.3 is 0 Å². The van der Waals surface area contributed by atoms with E-state index in [1.165, 1.54) is 4.68 Å². The zero-order chi connectivity index (χ0) is 18.8. The summed E-state index contributed by atoms with van der Waals surface area (Å²) < 4.78 is 4.99. The smallest absolute Gasteiger partial charge is 0.266 e. The molecular weight excluding hydrogens is 344 g/mol. The number of nitrogens with zero attached hydrogens (tertiary/aromatic N) is 6. The fraction of sp³-hybridized carbons (Fsp3) is 0.368. The minimum atomic E-state index is -0.113. The minimum Gasteiger partial charge on any atom is -0.314 e. The van der Waals surface area contributed by atoms with Crippen LogP contribution in [0.1, 0.15) is 18.5 Å². The quantitative estimate of drug-likeness (QED) is 0.667. The molecule has 1 fully saturated rings. The molecule has 140 valence electrons. The Morgan fingerprint density at radius 2 is 2.04 bits per heavy atom. The van der Waals surface area contributed by atoms with E-state index in [4.69, 9.17) is 0 Å². The van der Waals surface area contributed by atoms with E-state index in [9.17, 15) is 9.59 Å². The molecule has 0 radical (unpaired) electrons. The van der Waals surface area contributed by atoms with Gasteiger partial charge in [-0.25, -0.2) is 9.67 Å². The number of aromatic nitrogens is 5. The van der Waals surface area contributed by atoms with E-state index >= 15 is 0 Å². The highest BCUT2D eigenvalue weighted by Gasteiger charge is 2.26. The monoisotopic (exact) mass is 366 g/mol. The Bertz CT molecular complexity index is 1040. The van der Waals surface area contributed by atoms with E-state index in [1.54, 1.807) is 59.2 Å². The van der Waals surface area contributed by atoms with Crippen LogP contribution in [0, 0.1) is 0 Å². The SMILES string of the molecule is Cn1c(CN2CCCC2Cn2nc(-n3ccnc3)ccc2=O)cccc1=O. The lowest BCUT2D eigenvalue weighted by Gasteiger charge is -2.25. The van der Waals surface area contributed by atoms with E-state index in [0.29, 0.717) is 18.9 Å². The molecule has 1 aliphatic heterocycles. The van der Waals surface area contributed by atoms with Crippen molar-refractivity contribution in [2.75, 3.05) is 6.54 Å². The molecule has 4 heterocycles. The van der Waals surface area contributed by atoms with Gasteiger partial charge < -0.3 is 4.57 Å². The molecule has 1 saturated heterocycles. The molecular formula is C19H22N6O2. The molecule has 1 unspecified atom stereocenters. The van der Waals surface area contributed by atoms with Crippen molar-refractivity contribution in [1.82, 2.24) is 28.8 Å². The first kappa shape index (κ1) is 17.4. The van der Waals surface area contributed by atoms with Crippen LogP contribution in [-0.4, -0.2) is 41.4 Å². The highest BCUT2D eigenvalue weighted by molar-refractivity contribution is 5.19. The first-order chi connectivity index (χ1) is 13.1. The van der Waals surface area contributed by atoms with Crippen molar-refractivity contribution in [3.05, 3.63) is 75.5 Å². The maximum absolute atomic E-state index is 12.3. The van der Waals surface area contributed by atoms with E-state index < -0.39 is 0 Å². The third-order valence-corrected chi connectivity index (χ3v) is 5.16. The second-order valence-corrected chi connectivity index (χ2v) is 6.86. The van der Waals surface area contributed by atoms with Crippen molar-refractivity contribution in [1.29, 1.82) is 0 Å². The summed E-state index contributed by atoms with van der Waals surface area (Å²) >= 11 is 0. The van der Waals surface area contributed by atoms with Crippen LogP contribution in [0.3, 0.4) is 0 Å². The summed E-state index contributed by atoms with van der Waals surface area (Å²) in [6.07, 6.45) is 7.22. The van der Waals surface area contributed by atoms with E-state index in [-0.39, 0.29) is 17.2 Å². The van der Waals surface area contributed by atoms with Crippen molar-refractivity contribution in [2.45, 2.75) is 32.0 Å². The Labute approximate surface area is 156 Å². The third-order valence-electron chi connectivity index (χ3n) is 5.16. The van der Waals surface area contributed by atoms with Gasteiger partial charge in [-0.15, -0.1) is 0 Å². The van der Waals surface area contributed by atoms with Crippen molar-refractivity contribution < 1.29 is 0 Å². The van der Waals surface area contributed by atoms with Crippen LogP contribution in [0.5, 0.6) is 0 Å². The molecule has 0 amide bonds. The van der Waals surface area contributed by atoms with Crippen molar-refractivity contribution >= 4 is 0 Å². The fourth-order valence-corrected chi connectivity index (χ4v) is 3.58. The summed E-state index contributed by atoms with van der Waals surface area (Å²) in [5.74, 6) is 0.669. The topological polar surface area (TPSA) is 78.0 Å². The number of hydrogen-bond donors (Lipinski definition) is 0. The van der Waals surface area contributed by atoms with E-state index in [2.05, 4.69) is 15.0 Å². The summed E-state index contributed by atoms with van der Waals surface area (Å²) in [5, 5.41) is 4.50. The van der Waals surface area contributed by atoms with Crippen molar-refractivity contribution in [3.63, 3.8) is 0 Å². The fourth-order valence-electron chi connectivity index (χ4n) is 3.58. The lowest BCUT2D eigenvalue weighted by atomic mass is 10.2. The summed E-state index contributed by atoms with van der Waals surface area (Å²) in [4.78, 5) is 30.5. The summed E-state index contributed by atoms with van der Waals surface area (Å²) in [5.41, 5.74) is 0.855. The second kappa shape index (κ2) is 7.32. The molecule has 3 aromatic heterocycles. The van der Waals surface area contributed by atoms with Gasteiger partial charge in [-0.1, -0.05) is 6.07 Å². The Hall–Kier alpha value is -3.00. The Kier molecular flexibility index (Phi) is 4.72. The molecule has 0 saturated carbocycles. The van der Waals surface area contributed by atoms with Crippen LogP contribution in [0.15, 0.2) is 58.6 Å². The highest BCUT2D eigenvalue weighted by atomic mass is 16.1. The van der Waals surface area contributed by atoms with Crippen LogP contribution >= 0.6 is 0 Å². The number of hydrogen-bond acceptors (Lipinski definition) is 5. The van der Waals surface area contributed by atoms with E-state index in [0.717, 1.165) is 25.1 Å². The van der Waals surface area contributed by atoms with Crippen molar-refractivity contribution in [2.24, 2.45) is 7.05 Å². The van der Waals surface area contributed by atoms with Gasteiger partial charge in [0.25, 0.3) is 5.56 Å². The lowest BCUT2D eigenvalue weighted by Crippen LogP contribution is -2.37. The van der Waals surface area contributed by atoms with Crippen LogP contribution < -0.4 is 11.1 Å². The highest BCUT2D eigenvalue weighted by Crippen LogP contribution is 2.20. The molecule has 4 rings (SSSR count). The maximum Gasteiger partial charge on any atom is 0.266 e. The second-order valence-electron chi connectivity index (χ2n) is 6.86. The van der Waals surface area contributed by atoms with Gasteiger partial charge in [-0.05, 0) is 31.5 Å². The Balaban J connectivity index is 1.55. The van der Waals surface area contributed by atoms with Gasteiger partial charge in [0.1, 0.15) is 6.33 Å². The van der Waals surface area contributed by atoms with Crippen LogP contribution in [0.2, 0.25) is 0 Å². The van der Waals surface area contributed by atoms with Gasteiger partial charge in [-0.3, -0.25) is 19.1 Å². The zero-order valence-corrected chi connectivity index (χ0v) is 15.2. The number of imidazole rings is 1. The molecule has 8 heteroatoms. The molecule has 3 aromatic rings. The largest absolute Gasteiger partial charge is 0.314 e. The minimum absolute atomic E-state index is 0.00540. The lowest BCUT2D eigenvalue weighted by molar-refractivity contribution is 0.212. The Morgan fingerprint density at radius 3 is 2.85 bits per heavy atom. The molecule has 0 spiro atoms. The molecule has 1 atom stereocenters. The van der Waals surface area contributed by atoms with E-state index in [1.807, 2.05) is 6.07 Å². The standard InChI is InChI=1S/C19H22N6O2/c1-22-15(4-2-6-18(22)26)12-23-10-3-5-16(23)13-25-19(27)8-7-17(21-25)24-11-9-20-14-24/h2,4,6-9,11,14,16H,3,5,10,12-13H2,1H3. The predicted molar refractivity (Wildman–Crippen MR) is 101 cm³/mol. The Morgan fingerprint density at radius 1 is 1.15 bits per heavy atom. The first-order valence-electron chi connectivity index (χ1n) is 9.07. The molecule has 0 aromatic carbocycles. The summed E-state index contributed by atoms with van der Waals surface area (Å²) in [6.45, 7) is 2.17. The maximum atomic E-state index is 12.3. The molecule has 0 bridgehead atoms. The first-order valence-corrected chi connectivity index (χ1v) is 9.07. The third kappa shape index (κ3) is 3.61. The van der Waals surface area contributed by atoms with Gasteiger partial charge in [0.05, 0.1) is 6.54 Å². The van der Waals surface area contributed by atoms with Crippen LogP contribution in [0.4, 0.5) is 0 Å². The normalized spacial score (nSPS) is 17.4. The summed E-state index contributed by atoms with van der Waals surface area (Å²) in [7, 11) is 1.80. The average molecular weight is 366 g/mol. The van der Waals surface area contributed by atoms with Crippen molar-refractivity contribution in [3.8, 4) is 5.82 Å². The zero-order valence-electron chi connectivity index (χ0n) is 15.2. The van der Waals surface area contributed by atoms with Gasteiger partial charge in [0.15, 0.2) is 5.82 Å². The molecule has 27 heavy (non-hydrogen) atoms. The molecule has 8 nitrogen and oxygen atoms in total. The average Bonchev–Trinajstić information content (AvgIpc) is 3.33. The predicted octanol–water partition coefficient (Wildman–Crippen LogP) is 0.792. The molecule has 0 aliphatic carbocycles. The molecule has 0 N–H and O–H groups in total. The van der Waals surface area contributed by atoms with Gasteiger partial charge in [0, 0.05) is 49.9 Å². The van der Waals surface area contributed by atoms with Gasteiger partial charge in [0.2, 0.25) is 5.56 Å². The van der Waals surface area contributed by atoms with Crippen LogP contribution in [-0.2, 0) is 20.1 Å². The summed E-state index contributed by atoms with van der Waals surface area (Å²) in [6, 6.07) is 8.79. The van der Waals surface area contributed by atoms with Crippen LogP contribution in [0.25, 0.3) is 5.82 Å². The number of pyridine rings is 1. The van der Waals surface area contributed by atoms with Gasteiger partial charge in [-0.2, -0.15) is 5.10 Å². The molecule has 1 aliphatic rings. The number of rotatable bonds is 5. The number of likely N-dealkylation sites (tertiary alicyclic amines) is 1.